The number of sulfone groups is 1. The first-order valence-corrected chi connectivity index (χ1v) is 7.88. The molecular formula is C11H9IN2O3S. The van der Waals surface area contributed by atoms with E-state index < -0.39 is 9.84 Å². The zero-order valence-corrected chi connectivity index (χ0v) is 12.3. The summed E-state index contributed by atoms with van der Waals surface area (Å²) in [5, 5.41) is -0.0718. The zero-order valence-electron chi connectivity index (χ0n) is 9.37. The van der Waals surface area contributed by atoms with E-state index in [1.54, 1.807) is 6.07 Å². The molecule has 2 aromatic rings. The molecule has 1 aromatic heterocycles. The monoisotopic (exact) mass is 376 g/mol. The third-order valence-corrected chi connectivity index (χ3v) is 3.64. The molecule has 5 nitrogen and oxygen atoms in total. The minimum atomic E-state index is -3.33. The molecule has 0 N–H and O–H groups in total. The highest BCUT2D eigenvalue weighted by molar-refractivity contribution is 14.1. The molecule has 7 heteroatoms. The van der Waals surface area contributed by atoms with Gasteiger partial charge in [0.1, 0.15) is 5.75 Å². The molecule has 0 aliphatic rings. The molecule has 0 saturated heterocycles. The summed E-state index contributed by atoms with van der Waals surface area (Å²) in [4.78, 5) is 7.69. The summed E-state index contributed by atoms with van der Waals surface area (Å²) in [6.45, 7) is 0. The van der Waals surface area contributed by atoms with Crippen LogP contribution in [0.5, 0.6) is 11.6 Å². The van der Waals surface area contributed by atoms with Gasteiger partial charge in [-0.25, -0.2) is 18.4 Å². The van der Waals surface area contributed by atoms with Gasteiger partial charge in [-0.1, -0.05) is 6.07 Å². The molecule has 94 valence electrons. The number of rotatable bonds is 3. The first kappa shape index (κ1) is 13.2. The van der Waals surface area contributed by atoms with Crippen LogP contribution in [0.25, 0.3) is 0 Å². The van der Waals surface area contributed by atoms with Crippen LogP contribution in [-0.2, 0) is 9.84 Å². The third-order valence-electron chi connectivity index (χ3n) is 2.00. The Bertz CT molecular complexity index is 656. The Balaban J connectivity index is 2.21. The van der Waals surface area contributed by atoms with Crippen molar-refractivity contribution in [1.82, 2.24) is 9.97 Å². The largest absolute Gasteiger partial charge is 0.437 e. The van der Waals surface area contributed by atoms with Crippen molar-refractivity contribution in [1.29, 1.82) is 0 Å². The number of hydrogen-bond donors (Lipinski definition) is 0. The van der Waals surface area contributed by atoms with Gasteiger partial charge in [-0.3, -0.25) is 0 Å². The van der Waals surface area contributed by atoms with Crippen molar-refractivity contribution >= 4 is 32.4 Å². The van der Waals surface area contributed by atoms with E-state index in [4.69, 9.17) is 4.74 Å². The van der Waals surface area contributed by atoms with E-state index >= 15 is 0 Å². The van der Waals surface area contributed by atoms with Gasteiger partial charge in [0, 0.05) is 9.83 Å². The van der Waals surface area contributed by atoms with Gasteiger partial charge in [-0.15, -0.1) is 0 Å². The van der Waals surface area contributed by atoms with Crippen LogP contribution in [0, 0.1) is 3.57 Å². The molecule has 0 amide bonds. The van der Waals surface area contributed by atoms with Crippen LogP contribution in [0.1, 0.15) is 0 Å². The maximum Gasteiger partial charge on any atom is 0.237 e. The van der Waals surface area contributed by atoms with Crippen LogP contribution in [0.2, 0.25) is 0 Å². The summed E-state index contributed by atoms with van der Waals surface area (Å²) in [7, 11) is -3.33. The molecule has 0 fully saturated rings. The number of benzene rings is 1. The van der Waals surface area contributed by atoms with Crippen LogP contribution in [-0.4, -0.2) is 24.6 Å². The van der Waals surface area contributed by atoms with Crippen LogP contribution in [0.3, 0.4) is 0 Å². The minimum Gasteiger partial charge on any atom is -0.437 e. The molecule has 18 heavy (non-hydrogen) atoms. The smallest absolute Gasteiger partial charge is 0.237 e. The highest BCUT2D eigenvalue weighted by Crippen LogP contribution is 2.20. The normalized spacial score (nSPS) is 11.2. The Morgan fingerprint density at radius 3 is 2.56 bits per heavy atom. The van der Waals surface area contributed by atoms with Crippen molar-refractivity contribution in [3.8, 4) is 11.6 Å². The maximum atomic E-state index is 11.2. The number of halogens is 1. The van der Waals surface area contributed by atoms with Crippen LogP contribution < -0.4 is 4.74 Å². The van der Waals surface area contributed by atoms with E-state index in [0.29, 0.717) is 5.75 Å². The summed E-state index contributed by atoms with van der Waals surface area (Å²) in [5.41, 5.74) is 0. The Morgan fingerprint density at radius 1 is 1.22 bits per heavy atom. The summed E-state index contributed by atoms with van der Waals surface area (Å²) in [6.07, 6.45) is 3.55. The number of hydrogen-bond acceptors (Lipinski definition) is 5. The van der Waals surface area contributed by atoms with Crippen LogP contribution in [0.4, 0.5) is 0 Å². The van der Waals surface area contributed by atoms with E-state index in [-0.39, 0.29) is 10.9 Å². The minimum absolute atomic E-state index is 0.0718. The molecule has 1 aromatic carbocycles. The summed E-state index contributed by atoms with van der Waals surface area (Å²) >= 11 is 2.17. The van der Waals surface area contributed by atoms with E-state index in [0.717, 1.165) is 9.83 Å². The molecule has 1 heterocycles. The third kappa shape index (κ3) is 3.39. The standard InChI is InChI=1S/C11H9IN2O3S/c1-18(15,16)11-7-13-10(6-14-11)17-9-4-2-3-8(12)5-9/h2-7H,1H3. The van der Waals surface area contributed by atoms with Crippen molar-refractivity contribution in [3.05, 3.63) is 40.2 Å². The SMILES string of the molecule is CS(=O)(=O)c1cnc(Oc2cccc(I)c2)cn1. The molecule has 0 unspecified atom stereocenters. The molecule has 0 aliphatic carbocycles. The van der Waals surface area contributed by atoms with E-state index in [1.807, 2.05) is 18.2 Å². The quantitative estimate of drug-likeness (QED) is 0.769. The Morgan fingerprint density at radius 2 is 2.00 bits per heavy atom. The Kier molecular flexibility index (Phi) is 3.81. The van der Waals surface area contributed by atoms with Crippen molar-refractivity contribution < 1.29 is 13.2 Å². The van der Waals surface area contributed by atoms with E-state index in [9.17, 15) is 8.42 Å². The fraction of sp³-hybridized carbons (Fsp3) is 0.0909. The topological polar surface area (TPSA) is 69.2 Å². The predicted molar refractivity (Wildman–Crippen MR) is 74.4 cm³/mol. The first-order chi connectivity index (χ1) is 8.45. The molecule has 0 radical (unpaired) electrons. The first-order valence-electron chi connectivity index (χ1n) is 4.91. The van der Waals surface area contributed by atoms with Crippen LogP contribution >= 0.6 is 22.6 Å². The van der Waals surface area contributed by atoms with Gasteiger partial charge in [0.15, 0.2) is 14.9 Å². The molecule has 0 saturated carbocycles. The summed E-state index contributed by atoms with van der Waals surface area (Å²) in [6, 6.07) is 7.42. The fourth-order valence-electron chi connectivity index (χ4n) is 1.20. The maximum absolute atomic E-state index is 11.2. The second-order valence-electron chi connectivity index (χ2n) is 3.52. The number of nitrogens with zero attached hydrogens (tertiary/aromatic N) is 2. The lowest BCUT2D eigenvalue weighted by atomic mass is 10.3. The van der Waals surface area contributed by atoms with E-state index in [2.05, 4.69) is 32.6 Å². The molecular weight excluding hydrogens is 367 g/mol. The number of ether oxygens (including phenoxy) is 1. The molecule has 0 atom stereocenters. The Labute approximate surface area is 118 Å². The van der Waals surface area contributed by atoms with Gasteiger partial charge in [-0.05, 0) is 40.8 Å². The fourth-order valence-corrected chi connectivity index (χ4v) is 2.20. The lowest BCUT2D eigenvalue weighted by molar-refractivity contribution is 0.457. The van der Waals surface area contributed by atoms with Gasteiger partial charge in [0.05, 0.1) is 12.4 Å². The molecule has 0 aliphatic heterocycles. The highest BCUT2D eigenvalue weighted by Gasteiger charge is 2.09. The van der Waals surface area contributed by atoms with Gasteiger partial charge in [0.2, 0.25) is 5.88 Å². The summed E-state index contributed by atoms with van der Waals surface area (Å²) < 4.78 is 28.9. The predicted octanol–water partition coefficient (Wildman–Crippen LogP) is 2.28. The van der Waals surface area contributed by atoms with Gasteiger partial charge in [0.25, 0.3) is 0 Å². The van der Waals surface area contributed by atoms with Gasteiger partial charge in [-0.2, -0.15) is 0 Å². The summed E-state index contributed by atoms with van der Waals surface area (Å²) in [5.74, 6) is 0.882. The zero-order chi connectivity index (χ0) is 13.2. The second-order valence-corrected chi connectivity index (χ2v) is 6.73. The van der Waals surface area contributed by atoms with Crippen molar-refractivity contribution in [2.24, 2.45) is 0 Å². The van der Waals surface area contributed by atoms with Gasteiger partial charge >= 0.3 is 0 Å². The lowest BCUT2D eigenvalue weighted by Crippen LogP contribution is -2.01. The average Bonchev–Trinajstić information content (AvgIpc) is 2.28. The van der Waals surface area contributed by atoms with Crippen molar-refractivity contribution in [2.45, 2.75) is 5.03 Å². The average molecular weight is 376 g/mol. The van der Waals surface area contributed by atoms with Gasteiger partial charge < -0.3 is 4.74 Å². The molecule has 0 spiro atoms. The molecule has 0 bridgehead atoms. The highest BCUT2D eigenvalue weighted by atomic mass is 127. The van der Waals surface area contributed by atoms with E-state index in [1.165, 1.54) is 12.4 Å². The second kappa shape index (κ2) is 5.19. The van der Waals surface area contributed by atoms with Crippen LogP contribution in [0.15, 0.2) is 41.7 Å². The van der Waals surface area contributed by atoms with Crippen molar-refractivity contribution in [3.63, 3.8) is 0 Å². The number of aromatic nitrogens is 2. The Hall–Kier alpha value is -1.22. The lowest BCUT2D eigenvalue weighted by Gasteiger charge is -2.04. The van der Waals surface area contributed by atoms with Crippen molar-refractivity contribution in [2.75, 3.05) is 6.26 Å². The molecule has 2 rings (SSSR count).